The lowest BCUT2D eigenvalue weighted by Gasteiger charge is -2.14. The van der Waals surface area contributed by atoms with Crippen LogP contribution in [0.25, 0.3) is 0 Å². The zero-order valence-corrected chi connectivity index (χ0v) is 7.54. The van der Waals surface area contributed by atoms with Crippen molar-refractivity contribution in [1.82, 2.24) is 0 Å². The van der Waals surface area contributed by atoms with Gasteiger partial charge in [0.2, 0.25) is 0 Å². The third-order valence-corrected chi connectivity index (χ3v) is 4.98. The Morgan fingerprint density at radius 1 is 1.30 bits per heavy atom. The Kier molecular flexibility index (Phi) is 0.968. The van der Waals surface area contributed by atoms with Gasteiger partial charge in [-0.3, -0.25) is 0 Å². The van der Waals surface area contributed by atoms with Crippen molar-refractivity contribution in [1.29, 1.82) is 0 Å². The van der Waals surface area contributed by atoms with E-state index in [2.05, 4.69) is 15.9 Å². The highest BCUT2D eigenvalue weighted by molar-refractivity contribution is 9.09. The van der Waals surface area contributed by atoms with E-state index in [0.717, 1.165) is 28.5 Å². The van der Waals surface area contributed by atoms with Crippen molar-refractivity contribution in [3.8, 4) is 0 Å². The highest BCUT2D eigenvalue weighted by Gasteiger charge is 2.73. The molecule has 0 aliphatic heterocycles. The lowest BCUT2D eigenvalue weighted by molar-refractivity contribution is 0.0732. The maximum absolute atomic E-state index is 5.46. The predicted molar refractivity (Wildman–Crippen MR) is 42.1 cm³/mol. The maximum atomic E-state index is 5.46. The zero-order valence-electron chi connectivity index (χ0n) is 5.96. The Balaban J connectivity index is 1.95. The average Bonchev–Trinajstić information content (AvgIpc) is 2.29. The number of ether oxygens (including phenoxy) is 1. The van der Waals surface area contributed by atoms with Crippen molar-refractivity contribution < 1.29 is 4.74 Å². The normalized spacial score (nSPS) is 69.0. The van der Waals surface area contributed by atoms with Crippen LogP contribution in [0.5, 0.6) is 0 Å². The monoisotopic (exact) mass is 202 g/mol. The molecule has 0 heterocycles. The molecule has 0 aromatic carbocycles. The van der Waals surface area contributed by atoms with E-state index < -0.39 is 0 Å². The summed E-state index contributed by atoms with van der Waals surface area (Å²) in [6, 6.07) is 0. The first-order chi connectivity index (χ1) is 4.84. The standard InChI is InChI=1S/C8H11BrO/c1-10-8-4-2-3-5(6(3)8)7(4)9/h3-8H,2H2,1H3/t3-,4+,5?,6?,7-,8?/m1/s1. The molecule has 4 bridgehead atoms. The zero-order chi connectivity index (χ0) is 6.88. The van der Waals surface area contributed by atoms with Crippen LogP contribution in [0.1, 0.15) is 6.42 Å². The summed E-state index contributed by atoms with van der Waals surface area (Å²) in [6.45, 7) is 0. The molecule has 4 saturated carbocycles. The van der Waals surface area contributed by atoms with Gasteiger partial charge in [0.15, 0.2) is 0 Å². The Bertz CT molecular complexity index is 182. The minimum atomic E-state index is 0.611. The molecule has 4 aliphatic rings. The van der Waals surface area contributed by atoms with Gasteiger partial charge in [0.1, 0.15) is 0 Å². The number of rotatable bonds is 1. The number of hydrogen-bond donors (Lipinski definition) is 0. The number of hydrogen-bond acceptors (Lipinski definition) is 1. The molecule has 0 N–H and O–H groups in total. The van der Waals surface area contributed by atoms with E-state index in [0.29, 0.717) is 6.10 Å². The summed E-state index contributed by atoms with van der Waals surface area (Å²) in [7, 11) is 1.86. The van der Waals surface area contributed by atoms with E-state index in [9.17, 15) is 0 Å². The van der Waals surface area contributed by atoms with Crippen molar-refractivity contribution in [2.24, 2.45) is 23.7 Å². The van der Waals surface area contributed by atoms with Gasteiger partial charge < -0.3 is 4.74 Å². The minimum Gasteiger partial charge on any atom is -0.381 e. The molecule has 1 nitrogen and oxygen atoms in total. The summed E-state index contributed by atoms with van der Waals surface area (Å²) in [5.74, 6) is 3.83. The SMILES string of the molecule is COC1C2C3[C@H]2C[C@H]1[C@H]3Br. The van der Waals surface area contributed by atoms with Crippen LogP contribution in [0.3, 0.4) is 0 Å². The van der Waals surface area contributed by atoms with Gasteiger partial charge in [-0.2, -0.15) is 0 Å². The maximum Gasteiger partial charge on any atom is 0.0644 e. The van der Waals surface area contributed by atoms with E-state index in [-0.39, 0.29) is 0 Å². The average molecular weight is 203 g/mol. The minimum absolute atomic E-state index is 0.611. The second-order valence-corrected chi connectivity index (χ2v) is 4.92. The molecule has 0 saturated heterocycles. The van der Waals surface area contributed by atoms with Gasteiger partial charge in [0, 0.05) is 11.9 Å². The fraction of sp³-hybridized carbons (Fsp3) is 1.00. The third-order valence-electron chi connectivity index (χ3n) is 3.69. The fourth-order valence-corrected chi connectivity index (χ4v) is 4.58. The van der Waals surface area contributed by atoms with Gasteiger partial charge in [-0.05, 0) is 30.1 Å². The second-order valence-electron chi connectivity index (χ2n) is 3.86. The molecule has 4 fully saturated rings. The predicted octanol–water partition coefficient (Wildman–Crippen LogP) is 1.66. The summed E-state index contributed by atoms with van der Waals surface area (Å²) in [5, 5.41) is 0. The largest absolute Gasteiger partial charge is 0.381 e. The molecule has 4 rings (SSSR count). The van der Waals surface area contributed by atoms with E-state index in [1.165, 1.54) is 6.42 Å². The third kappa shape index (κ3) is 0.444. The van der Waals surface area contributed by atoms with Crippen LogP contribution >= 0.6 is 15.9 Å². The van der Waals surface area contributed by atoms with E-state index >= 15 is 0 Å². The summed E-state index contributed by atoms with van der Waals surface area (Å²) in [4.78, 5) is 0.799. The summed E-state index contributed by atoms with van der Waals surface area (Å²) in [6.07, 6.45) is 2.04. The van der Waals surface area contributed by atoms with Crippen molar-refractivity contribution in [3.05, 3.63) is 0 Å². The Hall–Kier alpha value is 0.440. The topological polar surface area (TPSA) is 9.23 Å². The summed E-state index contributed by atoms with van der Waals surface area (Å²) < 4.78 is 5.46. The van der Waals surface area contributed by atoms with Crippen LogP contribution < -0.4 is 0 Å². The smallest absolute Gasteiger partial charge is 0.0644 e. The summed E-state index contributed by atoms with van der Waals surface area (Å²) >= 11 is 3.75. The van der Waals surface area contributed by atoms with E-state index in [1.54, 1.807) is 0 Å². The van der Waals surface area contributed by atoms with Gasteiger partial charge in [-0.1, -0.05) is 15.9 Å². The molecule has 56 valence electrons. The molecule has 0 spiro atoms. The molecule has 0 aromatic rings. The first kappa shape index (κ1) is 6.01. The molecular weight excluding hydrogens is 192 g/mol. The fourth-order valence-electron chi connectivity index (χ4n) is 3.32. The Labute approximate surface area is 69.3 Å². The van der Waals surface area contributed by atoms with Crippen molar-refractivity contribution in [3.63, 3.8) is 0 Å². The van der Waals surface area contributed by atoms with Gasteiger partial charge >= 0.3 is 0 Å². The molecule has 0 radical (unpaired) electrons. The van der Waals surface area contributed by atoms with E-state index in [1.807, 2.05) is 7.11 Å². The molecule has 3 unspecified atom stereocenters. The van der Waals surface area contributed by atoms with Crippen LogP contribution in [0.2, 0.25) is 0 Å². The Morgan fingerprint density at radius 2 is 2.10 bits per heavy atom. The van der Waals surface area contributed by atoms with Crippen LogP contribution in [-0.4, -0.2) is 18.0 Å². The lowest BCUT2D eigenvalue weighted by atomic mass is 10.1. The van der Waals surface area contributed by atoms with Gasteiger partial charge in [-0.25, -0.2) is 0 Å². The van der Waals surface area contributed by atoms with Gasteiger partial charge in [-0.15, -0.1) is 0 Å². The Morgan fingerprint density at radius 3 is 2.30 bits per heavy atom. The quantitative estimate of drug-likeness (QED) is 0.589. The van der Waals surface area contributed by atoms with Crippen LogP contribution in [0, 0.1) is 23.7 Å². The second kappa shape index (κ2) is 1.61. The lowest BCUT2D eigenvalue weighted by Crippen LogP contribution is -2.18. The molecule has 6 atom stereocenters. The number of halogens is 1. The van der Waals surface area contributed by atoms with Crippen LogP contribution in [-0.2, 0) is 4.74 Å². The first-order valence-corrected chi connectivity index (χ1v) is 4.93. The number of alkyl halides is 1. The summed E-state index contributed by atoms with van der Waals surface area (Å²) in [5.41, 5.74) is 0. The molecule has 10 heavy (non-hydrogen) atoms. The molecule has 4 aliphatic carbocycles. The number of methoxy groups -OCH3 is 1. The molecule has 0 amide bonds. The van der Waals surface area contributed by atoms with Gasteiger partial charge in [0.25, 0.3) is 0 Å². The van der Waals surface area contributed by atoms with Crippen LogP contribution in [0.4, 0.5) is 0 Å². The molecule has 2 heteroatoms. The molecule has 0 aromatic heterocycles. The van der Waals surface area contributed by atoms with Crippen molar-refractivity contribution in [2.75, 3.05) is 7.11 Å². The van der Waals surface area contributed by atoms with Crippen LogP contribution in [0.15, 0.2) is 0 Å². The van der Waals surface area contributed by atoms with Crippen molar-refractivity contribution >= 4 is 15.9 Å². The molecular formula is C8H11BrO. The first-order valence-electron chi connectivity index (χ1n) is 4.01. The van der Waals surface area contributed by atoms with Crippen molar-refractivity contribution in [2.45, 2.75) is 17.4 Å². The highest BCUT2D eigenvalue weighted by Crippen LogP contribution is 2.72. The highest BCUT2D eigenvalue weighted by atomic mass is 79.9. The van der Waals surface area contributed by atoms with E-state index in [4.69, 9.17) is 4.74 Å². The van der Waals surface area contributed by atoms with Gasteiger partial charge in [0.05, 0.1) is 6.10 Å².